The Labute approximate surface area is 207 Å². The molecule has 3 rings (SSSR count). The van der Waals surface area contributed by atoms with E-state index in [-0.39, 0.29) is 36.1 Å². The van der Waals surface area contributed by atoms with Crippen molar-refractivity contribution in [2.45, 2.75) is 90.4 Å². The number of rotatable bonds is 8. The molecule has 2 aromatic rings. The molecule has 35 heavy (non-hydrogen) atoms. The van der Waals surface area contributed by atoms with Crippen molar-refractivity contribution in [2.24, 2.45) is 0 Å². The fourth-order valence-electron chi connectivity index (χ4n) is 4.05. The summed E-state index contributed by atoms with van der Waals surface area (Å²) in [5.41, 5.74) is 0.876. The van der Waals surface area contributed by atoms with Gasteiger partial charge in [-0.25, -0.2) is 8.42 Å². The smallest absolute Gasteiger partial charge is 0.310 e. The quantitative estimate of drug-likeness (QED) is 0.499. The summed E-state index contributed by atoms with van der Waals surface area (Å²) in [6.07, 6.45) is 1.56. The predicted molar refractivity (Wildman–Crippen MR) is 132 cm³/mol. The highest BCUT2D eigenvalue weighted by Crippen LogP contribution is 2.39. The van der Waals surface area contributed by atoms with Crippen LogP contribution >= 0.6 is 0 Å². The zero-order valence-electron chi connectivity index (χ0n) is 21.5. The number of hydrogen-bond donors (Lipinski definition) is 0. The summed E-state index contributed by atoms with van der Waals surface area (Å²) in [4.78, 5) is 24.0. The van der Waals surface area contributed by atoms with E-state index < -0.39 is 27.7 Å². The standard InChI is InChI=1S/C25H35N3O6S/c1-16(2)28-18(4)23(14-26-28)35(31,32)27-15-20(10-8-17(3)29)33-22-11-9-19(12-21(22)27)13-24(30)34-25(5,6)7/h9,11-12,14,16,20H,8,10,13,15H2,1-7H3/t20-/m0/s1. The third-order valence-electron chi connectivity index (χ3n) is 5.60. The van der Waals surface area contributed by atoms with Crippen molar-refractivity contribution < 1.29 is 27.5 Å². The highest BCUT2D eigenvalue weighted by Gasteiger charge is 2.37. The molecule has 1 aromatic heterocycles. The number of anilines is 1. The molecule has 9 nitrogen and oxygen atoms in total. The maximum atomic E-state index is 13.9. The molecule has 1 aliphatic rings. The van der Waals surface area contributed by atoms with Crippen LogP contribution in [0.25, 0.3) is 0 Å². The van der Waals surface area contributed by atoms with E-state index in [2.05, 4.69) is 5.10 Å². The van der Waals surface area contributed by atoms with Crippen LogP contribution in [-0.4, -0.2) is 48.2 Å². The van der Waals surface area contributed by atoms with E-state index in [1.54, 1.807) is 50.6 Å². The van der Waals surface area contributed by atoms with Crippen molar-refractivity contribution in [3.05, 3.63) is 35.7 Å². The number of ketones is 1. The summed E-state index contributed by atoms with van der Waals surface area (Å²) in [5, 5.41) is 4.28. The van der Waals surface area contributed by atoms with Crippen LogP contribution in [0.5, 0.6) is 5.75 Å². The van der Waals surface area contributed by atoms with Gasteiger partial charge >= 0.3 is 5.97 Å². The van der Waals surface area contributed by atoms with Crippen LogP contribution < -0.4 is 9.04 Å². The molecule has 1 atom stereocenters. The first-order valence-electron chi connectivity index (χ1n) is 11.8. The molecule has 2 heterocycles. The SMILES string of the molecule is CC(=O)CC[C@H]1CN(S(=O)(=O)c2cnn(C(C)C)c2C)c2cc(CC(=O)OC(C)(C)C)ccc2O1. The maximum absolute atomic E-state index is 13.9. The van der Waals surface area contributed by atoms with Gasteiger partial charge in [0.1, 0.15) is 28.1 Å². The molecular weight excluding hydrogens is 470 g/mol. The van der Waals surface area contributed by atoms with Gasteiger partial charge in [-0.2, -0.15) is 5.10 Å². The van der Waals surface area contributed by atoms with Gasteiger partial charge in [-0.05, 0) is 72.6 Å². The van der Waals surface area contributed by atoms with Crippen LogP contribution in [0.4, 0.5) is 5.69 Å². The van der Waals surface area contributed by atoms with Crippen LogP contribution in [-0.2, 0) is 30.8 Å². The Kier molecular flexibility index (Phi) is 7.64. The number of Topliss-reactive ketones (excluding diaryl/α,β-unsaturated/α-hetero) is 1. The number of carbonyl (C=O) groups excluding carboxylic acids is 2. The Morgan fingerprint density at radius 3 is 2.51 bits per heavy atom. The molecule has 0 aliphatic carbocycles. The summed E-state index contributed by atoms with van der Waals surface area (Å²) < 4.78 is 42.2. The van der Waals surface area contributed by atoms with Gasteiger partial charge < -0.3 is 14.3 Å². The third kappa shape index (κ3) is 6.22. The lowest BCUT2D eigenvalue weighted by Gasteiger charge is -2.35. The van der Waals surface area contributed by atoms with Crippen LogP contribution in [0.1, 0.15) is 71.7 Å². The third-order valence-corrected chi connectivity index (χ3v) is 7.48. The normalized spacial score (nSPS) is 16.1. The fraction of sp³-hybridized carbons (Fsp3) is 0.560. The molecular formula is C25H35N3O6S. The van der Waals surface area contributed by atoms with Gasteiger partial charge in [0.05, 0.1) is 30.5 Å². The van der Waals surface area contributed by atoms with E-state index in [4.69, 9.17) is 9.47 Å². The second-order valence-electron chi connectivity index (χ2n) is 10.2. The number of sulfonamides is 1. The number of benzene rings is 1. The predicted octanol–water partition coefficient (Wildman–Crippen LogP) is 3.98. The van der Waals surface area contributed by atoms with Crippen molar-refractivity contribution in [1.82, 2.24) is 9.78 Å². The monoisotopic (exact) mass is 505 g/mol. The lowest BCUT2D eigenvalue weighted by molar-refractivity contribution is -0.153. The summed E-state index contributed by atoms with van der Waals surface area (Å²) in [7, 11) is -4.00. The first kappa shape index (κ1) is 26.7. The topological polar surface area (TPSA) is 108 Å². The van der Waals surface area contributed by atoms with E-state index in [0.29, 0.717) is 29.1 Å². The molecule has 1 aliphatic heterocycles. The Bertz CT molecular complexity index is 1210. The van der Waals surface area contributed by atoms with Crippen LogP contribution in [0.15, 0.2) is 29.3 Å². The number of esters is 1. The lowest BCUT2D eigenvalue weighted by atomic mass is 10.1. The summed E-state index contributed by atoms with van der Waals surface area (Å²) in [6, 6.07) is 5.05. The van der Waals surface area contributed by atoms with E-state index in [9.17, 15) is 18.0 Å². The van der Waals surface area contributed by atoms with Gasteiger partial charge in [-0.1, -0.05) is 6.07 Å². The molecule has 0 saturated heterocycles. The number of aromatic nitrogens is 2. The number of hydrogen-bond acceptors (Lipinski definition) is 7. The molecule has 0 saturated carbocycles. The Morgan fingerprint density at radius 2 is 1.94 bits per heavy atom. The van der Waals surface area contributed by atoms with Crippen molar-refractivity contribution >= 4 is 27.5 Å². The minimum Gasteiger partial charge on any atom is -0.486 e. The maximum Gasteiger partial charge on any atom is 0.310 e. The first-order chi connectivity index (χ1) is 16.2. The minimum absolute atomic E-state index is 0.000304. The van der Waals surface area contributed by atoms with E-state index in [0.717, 1.165) is 0 Å². The van der Waals surface area contributed by atoms with Crippen molar-refractivity contribution in [1.29, 1.82) is 0 Å². The average molecular weight is 506 g/mol. The molecule has 0 radical (unpaired) electrons. The average Bonchev–Trinajstić information content (AvgIpc) is 3.12. The van der Waals surface area contributed by atoms with E-state index >= 15 is 0 Å². The molecule has 0 spiro atoms. The molecule has 0 amide bonds. The zero-order chi connectivity index (χ0) is 26.1. The molecule has 0 N–H and O–H groups in total. The van der Waals surface area contributed by atoms with Gasteiger partial charge in [0.2, 0.25) is 0 Å². The van der Waals surface area contributed by atoms with Gasteiger partial charge in [0.15, 0.2) is 0 Å². The number of carbonyl (C=O) groups is 2. The van der Waals surface area contributed by atoms with Gasteiger partial charge in [0.25, 0.3) is 10.0 Å². The zero-order valence-corrected chi connectivity index (χ0v) is 22.3. The first-order valence-corrected chi connectivity index (χ1v) is 13.2. The van der Waals surface area contributed by atoms with E-state index in [1.807, 2.05) is 13.8 Å². The molecule has 0 bridgehead atoms. The Hall–Kier alpha value is -2.88. The van der Waals surface area contributed by atoms with Gasteiger partial charge in [-0.3, -0.25) is 13.8 Å². The number of nitrogens with zero attached hydrogens (tertiary/aromatic N) is 3. The largest absolute Gasteiger partial charge is 0.486 e. The summed E-state index contributed by atoms with van der Waals surface area (Å²) in [6.45, 7) is 12.5. The molecule has 1 aromatic carbocycles. The van der Waals surface area contributed by atoms with Gasteiger partial charge in [-0.15, -0.1) is 0 Å². The highest BCUT2D eigenvalue weighted by atomic mass is 32.2. The molecule has 0 unspecified atom stereocenters. The summed E-state index contributed by atoms with van der Waals surface area (Å²) >= 11 is 0. The molecule has 10 heteroatoms. The molecule has 192 valence electrons. The molecule has 0 fully saturated rings. The van der Waals surface area contributed by atoms with Crippen LogP contribution in [0, 0.1) is 6.92 Å². The summed E-state index contributed by atoms with van der Waals surface area (Å²) in [5.74, 6) is -0.0113. The van der Waals surface area contributed by atoms with Crippen LogP contribution in [0.2, 0.25) is 0 Å². The Morgan fingerprint density at radius 1 is 1.26 bits per heavy atom. The lowest BCUT2D eigenvalue weighted by Crippen LogP contribution is -2.44. The highest BCUT2D eigenvalue weighted by molar-refractivity contribution is 7.92. The second kappa shape index (κ2) is 10.0. The fourth-order valence-corrected chi connectivity index (χ4v) is 5.70. The van der Waals surface area contributed by atoms with Crippen molar-refractivity contribution in [2.75, 3.05) is 10.8 Å². The number of fused-ring (bicyclic) bond motifs is 1. The number of ether oxygens (including phenoxy) is 2. The van der Waals surface area contributed by atoms with Crippen molar-refractivity contribution in [3.8, 4) is 5.75 Å². The van der Waals surface area contributed by atoms with Gasteiger partial charge in [0, 0.05) is 12.5 Å². The Balaban J connectivity index is 2.02. The van der Waals surface area contributed by atoms with Crippen molar-refractivity contribution in [3.63, 3.8) is 0 Å². The van der Waals surface area contributed by atoms with Crippen LogP contribution in [0.3, 0.4) is 0 Å². The minimum atomic E-state index is -4.00. The second-order valence-corrected chi connectivity index (χ2v) is 12.0. The van der Waals surface area contributed by atoms with E-state index in [1.165, 1.54) is 17.4 Å².